The standard InChI is InChI=1S/C108H168N4O10/c1-7-13-19-25-31-37-43-49-55-61-83-115-101-81-79-99(103(117-85-63-57-51-45-39-33-27-21-15-9-3)105(101)119-87-65-59-53-47-41-35-29-23-17-11-5)111-109-95-73-67-91(68-74-95)107(113)121-97-77-71-94-90-98(78-72-93(94)89-97)122-108(114)92-69-75-96(76-70-92)110-112-100-80-82-102(116-84-62-56-50-44-38-32-26-20-14-8-2)106(120-88-66-60-54-48-42-36-30-24-18-12-6)104(100)118-86-64-58-52-46-40-34-28-22-16-10-4/h67-82,89-90H,7-66,83-88H2,1-6H3. The molecule has 0 radical (unpaired) electrons. The third-order valence-corrected chi connectivity index (χ3v) is 23.6. The highest BCUT2D eigenvalue weighted by Crippen LogP contribution is 2.48. The van der Waals surface area contributed by atoms with Crippen molar-refractivity contribution in [1.82, 2.24) is 0 Å². The van der Waals surface area contributed by atoms with E-state index >= 15 is 0 Å². The number of ether oxygens (including phenoxy) is 8. The molecule has 0 amide bonds. The van der Waals surface area contributed by atoms with Gasteiger partial charge in [-0.2, -0.15) is 10.2 Å². The van der Waals surface area contributed by atoms with Crippen LogP contribution < -0.4 is 37.9 Å². The third kappa shape index (κ3) is 47.0. The van der Waals surface area contributed by atoms with E-state index < -0.39 is 11.9 Å². The van der Waals surface area contributed by atoms with E-state index in [-0.39, 0.29) is 0 Å². The molecule has 0 aliphatic heterocycles. The van der Waals surface area contributed by atoms with Gasteiger partial charge in [0.1, 0.15) is 22.9 Å². The molecule has 0 fully saturated rings. The second-order valence-electron chi connectivity index (χ2n) is 34.6. The number of hydrogen-bond donors (Lipinski definition) is 0. The summed E-state index contributed by atoms with van der Waals surface area (Å²) in [4.78, 5) is 27.5. The van der Waals surface area contributed by atoms with Gasteiger partial charge in [-0.05, 0) is 146 Å². The van der Waals surface area contributed by atoms with E-state index in [9.17, 15) is 9.59 Å². The zero-order chi connectivity index (χ0) is 86.3. The number of esters is 2. The molecule has 0 aromatic heterocycles. The largest absolute Gasteiger partial charge is 0.490 e. The van der Waals surface area contributed by atoms with E-state index in [1.54, 1.807) is 72.8 Å². The molecule has 6 aromatic rings. The van der Waals surface area contributed by atoms with Crippen LogP contribution in [0.4, 0.5) is 22.7 Å². The van der Waals surface area contributed by atoms with Crippen molar-refractivity contribution in [2.24, 2.45) is 20.5 Å². The third-order valence-electron chi connectivity index (χ3n) is 23.6. The fraction of sp³-hybridized carbons (Fsp3) is 0.667. The summed E-state index contributed by atoms with van der Waals surface area (Å²) in [5.41, 5.74) is 3.00. The molecule has 0 N–H and O–H groups in total. The molecule has 0 aliphatic rings. The van der Waals surface area contributed by atoms with Crippen molar-refractivity contribution in [3.8, 4) is 46.0 Å². The van der Waals surface area contributed by atoms with Crippen LogP contribution >= 0.6 is 0 Å². The van der Waals surface area contributed by atoms with Crippen LogP contribution in [0.5, 0.6) is 46.0 Å². The van der Waals surface area contributed by atoms with Crippen LogP contribution in [0.25, 0.3) is 10.8 Å². The molecule has 680 valence electrons. The summed E-state index contributed by atoms with van der Waals surface area (Å²) < 4.78 is 52.0. The summed E-state index contributed by atoms with van der Waals surface area (Å²) in [6, 6.07) is 32.5. The van der Waals surface area contributed by atoms with Gasteiger partial charge in [-0.3, -0.25) is 0 Å². The molecule has 0 unspecified atom stereocenters. The number of carbonyl (C=O) groups excluding carboxylic acids is 2. The van der Waals surface area contributed by atoms with E-state index in [0.717, 1.165) is 87.8 Å². The lowest BCUT2D eigenvalue weighted by Crippen LogP contribution is -2.08. The van der Waals surface area contributed by atoms with Crippen molar-refractivity contribution in [2.45, 2.75) is 427 Å². The molecule has 0 atom stereocenters. The number of rotatable bonds is 80. The molecule has 0 saturated carbocycles. The van der Waals surface area contributed by atoms with E-state index in [4.69, 9.17) is 58.4 Å². The second-order valence-corrected chi connectivity index (χ2v) is 34.6. The number of nitrogens with zero attached hydrogens (tertiary/aromatic N) is 4. The number of carbonyl (C=O) groups is 2. The maximum Gasteiger partial charge on any atom is 0.343 e. The van der Waals surface area contributed by atoms with Crippen molar-refractivity contribution < 1.29 is 47.5 Å². The highest BCUT2D eigenvalue weighted by atomic mass is 16.6. The number of hydrogen-bond acceptors (Lipinski definition) is 14. The molecule has 0 heterocycles. The van der Waals surface area contributed by atoms with Crippen LogP contribution in [0.3, 0.4) is 0 Å². The predicted octanol–water partition coefficient (Wildman–Crippen LogP) is 35.9. The van der Waals surface area contributed by atoms with Gasteiger partial charge in [0.05, 0.1) is 62.1 Å². The average molecular weight is 1680 g/mol. The first-order valence-electron chi connectivity index (χ1n) is 50.4. The van der Waals surface area contributed by atoms with E-state index in [1.807, 2.05) is 36.4 Å². The van der Waals surface area contributed by atoms with Gasteiger partial charge in [-0.25, -0.2) is 9.59 Å². The number of benzene rings is 6. The summed E-state index contributed by atoms with van der Waals surface area (Å²) in [7, 11) is 0. The summed E-state index contributed by atoms with van der Waals surface area (Å²) >= 11 is 0. The molecule has 14 nitrogen and oxygen atoms in total. The highest BCUT2D eigenvalue weighted by Gasteiger charge is 2.22. The topological polar surface area (TPSA) is 157 Å². The van der Waals surface area contributed by atoms with E-state index in [0.29, 0.717) is 120 Å². The summed E-state index contributed by atoms with van der Waals surface area (Å²) in [6.07, 6.45) is 74.9. The highest BCUT2D eigenvalue weighted by molar-refractivity contribution is 5.94. The van der Waals surface area contributed by atoms with Gasteiger partial charge < -0.3 is 37.9 Å². The maximum absolute atomic E-state index is 13.8. The Morgan fingerprint density at radius 3 is 0.664 bits per heavy atom. The molecule has 0 bridgehead atoms. The molecule has 6 aromatic carbocycles. The van der Waals surface area contributed by atoms with Crippen LogP contribution in [0.2, 0.25) is 0 Å². The fourth-order valence-electron chi connectivity index (χ4n) is 15.8. The Kier molecular flexibility index (Phi) is 59.9. The van der Waals surface area contributed by atoms with Gasteiger partial charge >= 0.3 is 11.9 Å². The lowest BCUT2D eigenvalue weighted by molar-refractivity contribution is 0.0725. The Balaban J connectivity index is 1.10. The van der Waals surface area contributed by atoms with Gasteiger partial charge in [0.15, 0.2) is 23.0 Å². The SMILES string of the molecule is CCCCCCCCCCCCOc1ccc(N=Nc2ccc(C(=O)Oc3ccc4cc(OC(=O)c5ccc(N=Nc6ccc(OCCCCCCCCCCCC)c(OCCCCCCCCCCCC)c6OCCCCCCCCCCCC)cc5)ccc4c3)cc2)c(OCCCCCCCCCCCC)c1OCCCCCCCCCCCC. The number of azo groups is 2. The first-order chi connectivity index (χ1) is 60.3. The quantitative estimate of drug-likeness (QED) is 0.0156. The van der Waals surface area contributed by atoms with Gasteiger partial charge in [-0.1, -0.05) is 400 Å². The molecule has 0 saturated heterocycles. The minimum Gasteiger partial charge on any atom is -0.490 e. The molecule has 0 spiro atoms. The van der Waals surface area contributed by atoms with E-state index in [2.05, 4.69) is 41.5 Å². The van der Waals surface area contributed by atoms with Gasteiger partial charge in [0.2, 0.25) is 11.5 Å². The monoisotopic (exact) mass is 1680 g/mol. The maximum atomic E-state index is 13.8. The van der Waals surface area contributed by atoms with Crippen molar-refractivity contribution in [3.63, 3.8) is 0 Å². The zero-order valence-corrected chi connectivity index (χ0v) is 77.9. The Morgan fingerprint density at radius 1 is 0.213 bits per heavy atom. The minimum absolute atomic E-state index is 0.363. The summed E-state index contributed by atoms with van der Waals surface area (Å²) in [5, 5.41) is 20.6. The van der Waals surface area contributed by atoms with Gasteiger partial charge in [0.25, 0.3) is 0 Å². The average Bonchev–Trinajstić information content (AvgIpc) is 0.843. The Labute approximate surface area is 741 Å². The normalized spacial score (nSPS) is 11.6. The Morgan fingerprint density at radius 2 is 0.426 bits per heavy atom. The number of fused-ring (bicyclic) bond motifs is 1. The summed E-state index contributed by atoms with van der Waals surface area (Å²) in [5.74, 6) is 3.44. The first-order valence-corrected chi connectivity index (χ1v) is 50.4. The summed E-state index contributed by atoms with van der Waals surface area (Å²) in [6.45, 7) is 17.1. The van der Waals surface area contributed by atoms with Crippen LogP contribution in [0.15, 0.2) is 130 Å². The smallest absolute Gasteiger partial charge is 0.343 e. The van der Waals surface area contributed by atoms with Crippen molar-refractivity contribution in [3.05, 3.63) is 120 Å². The Hall–Kier alpha value is -7.48. The molecule has 122 heavy (non-hydrogen) atoms. The second kappa shape index (κ2) is 70.8. The number of unbranched alkanes of at least 4 members (excludes halogenated alkanes) is 54. The molecule has 6 rings (SSSR count). The lowest BCUT2D eigenvalue weighted by atomic mass is 10.1. The van der Waals surface area contributed by atoms with Crippen LogP contribution in [0.1, 0.15) is 448 Å². The van der Waals surface area contributed by atoms with Gasteiger partial charge in [-0.15, -0.1) is 10.2 Å². The lowest BCUT2D eigenvalue weighted by Gasteiger charge is -2.18. The van der Waals surface area contributed by atoms with Crippen LogP contribution in [-0.4, -0.2) is 51.6 Å². The molecular formula is C108H168N4O10. The fourth-order valence-corrected chi connectivity index (χ4v) is 15.8. The minimum atomic E-state index is -0.512. The molecular weight excluding hydrogens is 1510 g/mol. The Bertz CT molecular complexity index is 3410. The van der Waals surface area contributed by atoms with Crippen LogP contribution in [-0.2, 0) is 0 Å². The van der Waals surface area contributed by atoms with Crippen molar-refractivity contribution in [2.75, 3.05) is 39.6 Å². The van der Waals surface area contributed by atoms with Gasteiger partial charge in [0, 0.05) is 0 Å². The molecule has 14 heteroatoms. The van der Waals surface area contributed by atoms with Crippen molar-refractivity contribution in [1.29, 1.82) is 0 Å². The van der Waals surface area contributed by atoms with Crippen molar-refractivity contribution >= 4 is 45.5 Å². The van der Waals surface area contributed by atoms with Crippen LogP contribution in [0, 0.1) is 0 Å². The molecule has 0 aliphatic carbocycles. The first kappa shape index (κ1) is 103. The predicted molar refractivity (Wildman–Crippen MR) is 512 cm³/mol. The van der Waals surface area contributed by atoms with E-state index in [1.165, 1.54) is 308 Å². The zero-order valence-electron chi connectivity index (χ0n) is 77.9.